The van der Waals surface area contributed by atoms with Crippen LogP contribution in [0.4, 0.5) is 5.82 Å². The van der Waals surface area contributed by atoms with Crippen LogP contribution in [0.3, 0.4) is 0 Å². The van der Waals surface area contributed by atoms with Gasteiger partial charge in [-0.15, -0.1) is 0 Å². The maximum atomic E-state index is 12.2. The summed E-state index contributed by atoms with van der Waals surface area (Å²) in [6.07, 6.45) is 4.69. The van der Waals surface area contributed by atoms with Crippen LogP contribution in [0, 0.1) is 0 Å². The van der Waals surface area contributed by atoms with E-state index in [1.165, 1.54) is 0 Å². The van der Waals surface area contributed by atoms with Crippen LogP contribution in [0.15, 0.2) is 42.6 Å². The zero-order chi connectivity index (χ0) is 17.5. The standard InChI is InChI=1S/C19H25N3O3/c1-15(25-14-17-9-5-6-12-24-17)19(23)20-18-10-11-22(21-18)13-16-7-3-2-4-8-16/h2-4,7-8,10-11,15,17H,5-6,9,12-14H2,1H3,(H,20,21,23)/t15-,17-/m1/s1. The number of nitrogens with one attached hydrogen (secondary N) is 1. The lowest BCUT2D eigenvalue weighted by atomic mass is 10.1. The van der Waals surface area contributed by atoms with Crippen molar-refractivity contribution >= 4 is 11.7 Å². The van der Waals surface area contributed by atoms with Gasteiger partial charge in [-0.05, 0) is 31.7 Å². The fourth-order valence-corrected chi connectivity index (χ4v) is 2.78. The van der Waals surface area contributed by atoms with E-state index in [1.807, 2.05) is 36.5 Å². The summed E-state index contributed by atoms with van der Waals surface area (Å²) < 4.78 is 13.1. The van der Waals surface area contributed by atoms with E-state index >= 15 is 0 Å². The number of carbonyl (C=O) groups is 1. The van der Waals surface area contributed by atoms with Crippen molar-refractivity contribution in [1.29, 1.82) is 0 Å². The van der Waals surface area contributed by atoms with Gasteiger partial charge in [-0.25, -0.2) is 0 Å². The Labute approximate surface area is 148 Å². The Morgan fingerprint density at radius 2 is 2.20 bits per heavy atom. The second-order valence-corrected chi connectivity index (χ2v) is 6.34. The highest BCUT2D eigenvalue weighted by atomic mass is 16.5. The van der Waals surface area contributed by atoms with Crippen molar-refractivity contribution < 1.29 is 14.3 Å². The molecule has 1 fully saturated rings. The third-order valence-corrected chi connectivity index (χ3v) is 4.25. The molecular weight excluding hydrogens is 318 g/mol. The molecule has 1 amide bonds. The molecule has 0 unspecified atom stereocenters. The van der Waals surface area contributed by atoms with Gasteiger partial charge in [0, 0.05) is 18.9 Å². The molecular formula is C19H25N3O3. The molecule has 0 aliphatic carbocycles. The summed E-state index contributed by atoms with van der Waals surface area (Å²) in [5.41, 5.74) is 1.16. The summed E-state index contributed by atoms with van der Waals surface area (Å²) in [5.74, 6) is 0.339. The molecule has 6 nitrogen and oxygen atoms in total. The van der Waals surface area contributed by atoms with Gasteiger partial charge in [-0.1, -0.05) is 30.3 Å². The molecule has 2 heterocycles. The molecule has 3 rings (SSSR count). The van der Waals surface area contributed by atoms with Gasteiger partial charge in [0.25, 0.3) is 5.91 Å². The molecule has 2 aromatic rings. The molecule has 0 radical (unpaired) electrons. The summed E-state index contributed by atoms with van der Waals surface area (Å²) in [7, 11) is 0. The summed E-state index contributed by atoms with van der Waals surface area (Å²) in [6.45, 7) is 3.66. The fourth-order valence-electron chi connectivity index (χ4n) is 2.78. The molecule has 0 spiro atoms. The van der Waals surface area contributed by atoms with Crippen molar-refractivity contribution in [3.63, 3.8) is 0 Å². The number of amides is 1. The molecule has 0 saturated carbocycles. The van der Waals surface area contributed by atoms with Crippen LogP contribution in [0.25, 0.3) is 0 Å². The normalized spacial score (nSPS) is 18.7. The third-order valence-electron chi connectivity index (χ3n) is 4.25. The predicted octanol–water partition coefficient (Wildman–Crippen LogP) is 2.84. The minimum absolute atomic E-state index is 0.106. The van der Waals surface area contributed by atoms with Crippen LogP contribution in [0.5, 0.6) is 0 Å². The zero-order valence-corrected chi connectivity index (χ0v) is 14.6. The number of benzene rings is 1. The highest BCUT2D eigenvalue weighted by molar-refractivity contribution is 5.92. The first-order chi connectivity index (χ1) is 12.2. The van der Waals surface area contributed by atoms with Crippen molar-refractivity contribution in [1.82, 2.24) is 9.78 Å². The van der Waals surface area contributed by atoms with E-state index in [4.69, 9.17) is 9.47 Å². The summed E-state index contributed by atoms with van der Waals surface area (Å²) in [5, 5.41) is 7.18. The molecule has 1 N–H and O–H groups in total. The summed E-state index contributed by atoms with van der Waals surface area (Å²) in [4.78, 5) is 12.2. The maximum Gasteiger partial charge on any atom is 0.254 e. The topological polar surface area (TPSA) is 65.4 Å². The molecule has 1 aromatic heterocycles. The molecule has 25 heavy (non-hydrogen) atoms. The van der Waals surface area contributed by atoms with Gasteiger partial charge in [0.1, 0.15) is 6.10 Å². The van der Waals surface area contributed by atoms with E-state index in [-0.39, 0.29) is 12.0 Å². The Morgan fingerprint density at radius 1 is 1.36 bits per heavy atom. The number of hydrogen-bond donors (Lipinski definition) is 1. The summed E-state index contributed by atoms with van der Waals surface area (Å²) in [6, 6.07) is 11.9. The second-order valence-electron chi connectivity index (χ2n) is 6.34. The van der Waals surface area contributed by atoms with Crippen LogP contribution in [0.1, 0.15) is 31.7 Å². The van der Waals surface area contributed by atoms with Crippen LogP contribution in [-0.2, 0) is 20.8 Å². The Kier molecular flexibility index (Phi) is 6.19. The van der Waals surface area contributed by atoms with Crippen molar-refractivity contribution in [3.05, 3.63) is 48.2 Å². The van der Waals surface area contributed by atoms with Crippen LogP contribution < -0.4 is 5.32 Å². The first kappa shape index (κ1) is 17.6. The highest BCUT2D eigenvalue weighted by Crippen LogP contribution is 2.14. The molecule has 1 aromatic carbocycles. The highest BCUT2D eigenvalue weighted by Gasteiger charge is 2.19. The fraction of sp³-hybridized carbons (Fsp3) is 0.474. The van der Waals surface area contributed by atoms with Gasteiger partial charge in [-0.3, -0.25) is 9.48 Å². The smallest absolute Gasteiger partial charge is 0.254 e. The number of anilines is 1. The lowest BCUT2D eigenvalue weighted by Crippen LogP contribution is -2.32. The largest absolute Gasteiger partial charge is 0.376 e. The number of rotatable bonds is 7. The molecule has 1 saturated heterocycles. The van der Waals surface area contributed by atoms with Crippen molar-refractivity contribution in [2.24, 2.45) is 0 Å². The van der Waals surface area contributed by atoms with E-state index in [9.17, 15) is 4.79 Å². The lowest BCUT2D eigenvalue weighted by molar-refractivity contribution is -0.130. The third kappa shape index (κ3) is 5.41. The van der Waals surface area contributed by atoms with Crippen molar-refractivity contribution in [2.75, 3.05) is 18.5 Å². The van der Waals surface area contributed by atoms with Crippen LogP contribution in [-0.4, -0.2) is 41.1 Å². The van der Waals surface area contributed by atoms with Gasteiger partial charge in [-0.2, -0.15) is 5.10 Å². The number of nitrogens with zero attached hydrogens (tertiary/aromatic N) is 2. The van der Waals surface area contributed by atoms with Gasteiger partial charge < -0.3 is 14.8 Å². The number of carbonyl (C=O) groups excluding carboxylic acids is 1. The van der Waals surface area contributed by atoms with Gasteiger partial charge in [0.05, 0.1) is 19.3 Å². The monoisotopic (exact) mass is 343 g/mol. The second kappa shape index (κ2) is 8.78. The molecule has 2 atom stereocenters. The van der Waals surface area contributed by atoms with Crippen LogP contribution in [0.2, 0.25) is 0 Å². The molecule has 1 aliphatic rings. The number of ether oxygens (including phenoxy) is 2. The minimum atomic E-state index is -0.537. The first-order valence-electron chi connectivity index (χ1n) is 8.82. The summed E-state index contributed by atoms with van der Waals surface area (Å²) >= 11 is 0. The van der Waals surface area contributed by atoms with Gasteiger partial charge in [0.15, 0.2) is 5.82 Å². The SMILES string of the molecule is C[C@@H](OC[C@H]1CCCCO1)C(=O)Nc1ccn(Cc2ccccc2)n1. The maximum absolute atomic E-state index is 12.2. The molecule has 6 heteroatoms. The molecule has 0 bridgehead atoms. The van der Waals surface area contributed by atoms with Crippen molar-refractivity contribution in [3.8, 4) is 0 Å². The molecule has 134 valence electrons. The number of aromatic nitrogens is 2. The van der Waals surface area contributed by atoms with E-state index in [0.717, 1.165) is 31.4 Å². The van der Waals surface area contributed by atoms with Crippen molar-refractivity contribution in [2.45, 2.75) is 44.9 Å². The lowest BCUT2D eigenvalue weighted by Gasteiger charge is -2.23. The van der Waals surface area contributed by atoms with E-state index in [2.05, 4.69) is 10.4 Å². The average molecular weight is 343 g/mol. The minimum Gasteiger partial charge on any atom is -0.376 e. The van der Waals surface area contributed by atoms with E-state index in [0.29, 0.717) is 19.0 Å². The Balaban J connectivity index is 1.45. The number of hydrogen-bond acceptors (Lipinski definition) is 4. The Hall–Kier alpha value is -2.18. The predicted molar refractivity (Wildman–Crippen MR) is 95.4 cm³/mol. The molecule has 1 aliphatic heterocycles. The quantitative estimate of drug-likeness (QED) is 0.839. The van der Waals surface area contributed by atoms with E-state index in [1.54, 1.807) is 17.7 Å². The van der Waals surface area contributed by atoms with Gasteiger partial charge in [0.2, 0.25) is 0 Å². The van der Waals surface area contributed by atoms with Crippen LogP contribution >= 0.6 is 0 Å². The Bertz CT molecular complexity index is 666. The van der Waals surface area contributed by atoms with E-state index < -0.39 is 6.10 Å². The zero-order valence-electron chi connectivity index (χ0n) is 14.6. The van der Waals surface area contributed by atoms with Gasteiger partial charge >= 0.3 is 0 Å². The average Bonchev–Trinajstić information content (AvgIpc) is 3.08. The Morgan fingerprint density at radius 3 is 2.96 bits per heavy atom. The first-order valence-corrected chi connectivity index (χ1v) is 8.82.